The van der Waals surface area contributed by atoms with Crippen LogP contribution in [0.25, 0.3) is 0 Å². The molecular formula is C13H28Br2N2. The average molecular weight is 372 g/mol. The van der Waals surface area contributed by atoms with E-state index in [-0.39, 0.29) is 34.0 Å². The van der Waals surface area contributed by atoms with E-state index in [1.807, 2.05) is 0 Å². The van der Waals surface area contributed by atoms with Gasteiger partial charge in [-0.1, -0.05) is 0 Å². The van der Waals surface area contributed by atoms with Crippen LogP contribution in [0.3, 0.4) is 0 Å². The zero-order chi connectivity index (χ0) is 10.7. The monoisotopic (exact) mass is 370 g/mol. The molecule has 0 aromatic carbocycles. The van der Waals surface area contributed by atoms with E-state index in [0.29, 0.717) is 12.1 Å². The molecule has 0 spiro atoms. The summed E-state index contributed by atoms with van der Waals surface area (Å²) in [5.74, 6) is 1.95. The highest BCUT2D eigenvalue weighted by Crippen LogP contribution is 2.34. The Balaban J connectivity index is 0.00000128. The summed E-state index contributed by atoms with van der Waals surface area (Å²) in [4.78, 5) is 0. The molecule has 2 rings (SSSR count). The van der Waals surface area contributed by atoms with Crippen LogP contribution in [0.4, 0.5) is 0 Å². The summed E-state index contributed by atoms with van der Waals surface area (Å²) in [5.41, 5.74) is 11.9. The summed E-state index contributed by atoms with van der Waals surface area (Å²) in [7, 11) is 0. The van der Waals surface area contributed by atoms with Crippen molar-refractivity contribution in [2.75, 3.05) is 0 Å². The summed E-state index contributed by atoms with van der Waals surface area (Å²) in [6, 6.07) is 1.00. The molecule has 4 heteroatoms. The van der Waals surface area contributed by atoms with Gasteiger partial charge < -0.3 is 11.5 Å². The van der Waals surface area contributed by atoms with E-state index in [1.165, 1.54) is 57.8 Å². The Labute approximate surface area is 127 Å². The first-order valence-electron chi connectivity index (χ1n) is 6.75. The van der Waals surface area contributed by atoms with Crippen molar-refractivity contribution in [1.82, 2.24) is 0 Å². The maximum absolute atomic E-state index is 5.93. The van der Waals surface area contributed by atoms with E-state index in [1.54, 1.807) is 0 Å². The zero-order valence-electron chi connectivity index (χ0n) is 10.6. The van der Waals surface area contributed by atoms with E-state index >= 15 is 0 Å². The lowest BCUT2D eigenvalue weighted by Crippen LogP contribution is -2.30. The fraction of sp³-hybridized carbons (Fsp3) is 1.00. The second kappa shape index (κ2) is 8.89. The molecule has 0 saturated heterocycles. The van der Waals surface area contributed by atoms with Gasteiger partial charge in [0, 0.05) is 12.1 Å². The van der Waals surface area contributed by atoms with Crippen LogP contribution >= 0.6 is 34.0 Å². The Kier molecular flexibility index (Phi) is 9.35. The largest absolute Gasteiger partial charge is 0.328 e. The molecule has 0 bridgehead atoms. The van der Waals surface area contributed by atoms with Crippen LogP contribution in [0.1, 0.15) is 57.8 Å². The highest BCUT2D eigenvalue weighted by atomic mass is 79.9. The third-order valence-corrected chi connectivity index (χ3v) is 4.45. The first kappa shape index (κ1) is 17.9. The molecule has 0 aromatic heterocycles. The fourth-order valence-electron chi connectivity index (χ4n) is 3.32. The van der Waals surface area contributed by atoms with Gasteiger partial charge in [0.25, 0.3) is 0 Å². The Morgan fingerprint density at radius 2 is 0.882 bits per heavy atom. The highest BCUT2D eigenvalue weighted by Gasteiger charge is 2.24. The molecule has 0 aliphatic heterocycles. The molecule has 0 radical (unpaired) electrons. The number of hydrogen-bond acceptors (Lipinski definition) is 2. The number of hydrogen-bond donors (Lipinski definition) is 2. The minimum Gasteiger partial charge on any atom is -0.328 e. The van der Waals surface area contributed by atoms with E-state index in [2.05, 4.69) is 0 Å². The lowest BCUT2D eigenvalue weighted by molar-refractivity contribution is 0.225. The van der Waals surface area contributed by atoms with Crippen molar-refractivity contribution in [2.45, 2.75) is 69.9 Å². The standard InChI is InChI=1S/C13H26N2.2BrH/c14-12-5-1-10(2-6-12)9-11-3-7-13(15)8-4-11;;/h10-13H,1-9,14-15H2;2*1H. The van der Waals surface area contributed by atoms with Gasteiger partial charge in [-0.15, -0.1) is 34.0 Å². The molecule has 2 saturated carbocycles. The molecule has 2 aliphatic carbocycles. The number of rotatable bonds is 2. The van der Waals surface area contributed by atoms with Crippen molar-refractivity contribution in [1.29, 1.82) is 0 Å². The van der Waals surface area contributed by atoms with Crippen LogP contribution in [0.2, 0.25) is 0 Å². The molecule has 0 heterocycles. The molecule has 0 aromatic rings. The second-order valence-electron chi connectivity index (χ2n) is 5.80. The summed E-state index contributed by atoms with van der Waals surface area (Å²) in [5, 5.41) is 0. The van der Waals surface area contributed by atoms with E-state index in [9.17, 15) is 0 Å². The highest BCUT2D eigenvalue weighted by molar-refractivity contribution is 8.93. The second-order valence-corrected chi connectivity index (χ2v) is 5.80. The molecule has 0 atom stereocenters. The van der Waals surface area contributed by atoms with Crippen molar-refractivity contribution < 1.29 is 0 Å². The summed E-state index contributed by atoms with van der Waals surface area (Å²) in [6.07, 6.45) is 12.0. The third-order valence-electron chi connectivity index (χ3n) is 4.45. The topological polar surface area (TPSA) is 52.0 Å². The van der Waals surface area contributed by atoms with Crippen LogP contribution in [0.5, 0.6) is 0 Å². The first-order chi connectivity index (χ1) is 7.24. The molecule has 2 fully saturated rings. The van der Waals surface area contributed by atoms with Gasteiger partial charge in [0.2, 0.25) is 0 Å². The zero-order valence-corrected chi connectivity index (χ0v) is 14.1. The Bertz CT molecular complexity index is 166. The Hall–Kier alpha value is 0.880. The van der Waals surface area contributed by atoms with Crippen molar-refractivity contribution in [3.8, 4) is 0 Å². The summed E-state index contributed by atoms with van der Waals surface area (Å²) < 4.78 is 0. The van der Waals surface area contributed by atoms with Crippen molar-refractivity contribution in [2.24, 2.45) is 23.3 Å². The van der Waals surface area contributed by atoms with Crippen LogP contribution in [-0.4, -0.2) is 12.1 Å². The van der Waals surface area contributed by atoms with Crippen molar-refractivity contribution >= 4 is 34.0 Å². The Morgan fingerprint density at radius 1 is 0.588 bits per heavy atom. The molecule has 104 valence electrons. The molecule has 4 N–H and O–H groups in total. The fourth-order valence-corrected chi connectivity index (χ4v) is 3.32. The molecule has 0 unspecified atom stereocenters. The molecular weight excluding hydrogens is 344 g/mol. The van der Waals surface area contributed by atoms with E-state index < -0.39 is 0 Å². The SMILES string of the molecule is Br.Br.NC1CCC(CC2CCC(N)CC2)CC1. The first-order valence-corrected chi connectivity index (χ1v) is 6.75. The quantitative estimate of drug-likeness (QED) is 0.779. The predicted molar refractivity (Wildman–Crippen MR) is 85.1 cm³/mol. The predicted octanol–water partition coefficient (Wildman–Crippen LogP) is 3.57. The average Bonchev–Trinajstić information content (AvgIpc) is 2.25. The lowest BCUT2D eigenvalue weighted by Gasteiger charge is -2.32. The molecule has 2 nitrogen and oxygen atoms in total. The van der Waals surface area contributed by atoms with Gasteiger partial charge in [0.15, 0.2) is 0 Å². The van der Waals surface area contributed by atoms with E-state index in [0.717, 1.165) is 11.8 Å². The van der Waals surface area contributed by atoms with Gasteiger partial charge in [-0.25, -0.2) is 0 Å². The maximum atomic E-state index is 5.93. The van der Waals surface area contributed by atoms with Crippen LogP contribution in [0.15, 0.2) is 0 Å². The summed E-state index contributed by atoms with van der Waals surface area (Å²) in [6.45, 7) is 0. The van der Waals surface area contributed by atoms with Gasteiger partial charge >= 0.3 is 0 Å². The minimum atomic E-state index is 0. The maximum Gasteiger partial charge on any atom is 0.00390 e. The van der Waals surface area contributed by atoms with Crippen LogP contribution in [-0.2, 0) is 0 Å². The Morgan fingerprint density at radius 3 is 1.18 bits per heavy atom. The van der Waals surface area contributed by atoms with Crippen molar-refractivity contribution in [3.63, 3.8) is 0 Å². The summed E-state index contributed by atoms with van der Waals surface area (Å²) >= 11 is 0. The lowest BCUT2D eigenvalue weighted by atomic mass is 9.76. The molecule has 0 amide bonds. The van der Waals surface area contributed by atoms with Crippen LogP contribution in [0, 0.1) is 11.8 Å². The molecule has 2 aliphatic rings. The minimum absolute atomic E-state index is 0. The number of halogens is 2. The van der Waals surface area contributed by atoms with Gasteiger partial charge in [-0.3, -0.25) is 0 Å². The molecule has 17 heavy (non-hydrogen) atoms. The van der Waals surface area contributed by atoms with Gasteiger partial charge in [0.05, 0.1) is 0 Å². The van der Waals surface area contributed by atoms with Gasteiger partial charge in [-0.2, -0.15) is 0 Å². The van der Waals surface area contributed by atoms with Crippen molar-refractivity contribution in [3.05, 3.63) is 0 Å². The smallest absolute Gasteiger partial charge is 0.00390 e. The normalized spacial score (nSPS) is 37.8. The number of nitrogens with two attached hydrogens (primary N) is 2. The van der Waals surface area contributed by atoms with Crippen LogP contribution < -0.4 is 11.5 Å². The third kappa shape index (κ3) is 6.04. The van der Waals surface area contributed by atoms with Gasteiger partial charge in [0.1, 0.15) is 0 Å². The van der Waals surface area contributed by atoms with E-state index in [4.69, 9.17) is 11.5 Å². The van der Waals surface area contributed by atoms with Gasteiger partial charge in [-0.05, 0) is 69.6 Å².